The maximum Gasteiger partial charge on any atom is 0.339 e. The molecule has 0 aliphatic heterocycles. The topological polar surface area (TPSA) is 70.3 Å². The molecule has 0 amide bonds. The molecule has 1 rings (SSSR count). The van der Waals surface area contributed by atoms with Crippen LogP contribution in [0.3, 0.4) is 0 Å². The number of ether oxygens (including phenoxy) is 1. The molecule has 0 spiro atoms. The maximum absolute atomic E-state index is 11.6. The highest BCUT2D eigenvalue weighted by Crippen LogP contribution is 2.21. The number of benzene rings is 1. The van der Waals surface area contributed by atoms with E-state index in [4.69, 9.17) is 26.7 Å². The zero-order chi connectivity index (χ0) is 12.1. The second-order valence-corrected chi connectivity index (χ2v) is 3.41. The van der Waals surface area contributed by atoms with Gasteiger partial charge in [0, 0.05) is 5.02 Å². The largest absolute Gasteiger partial charge is 0.462 e. The molecule has 0 aromatic heterocycles. The predicted octanol–water partition coefficient (Wildman–Crippen LogP) is 1.88. The van der Waals surface area contributed by atoms with E-state index in [1.165, 1.54) is 12.1 Å². The number of aliphatic hydroxyl groups is 1. The van der Waals surface area contributed by atoms with Crippen LogP contribution in [0.5, 0.6) is 0 Å². The van der Waals surface area contributed by atoms with E-state index in [0.717, 1.165) is 0 Å². The summed E-state index contributed by atoms with van der Waals surface area (Å²) in [5, 5.41) is 18.3. The lowest BCUT2D eigenvalue weighted by molar-refractivity contribution is 0.0522. The van der Waals surface area contributed by atoms with Crippen LogP contribution in [0.25, 0.3) is 0 Å². The molecule has 1 aromatic rings. The van der Waals surface area contributed by atoms with Gasteiger partial charge in [-0.05, 0) is 24.6 Å². The minimum absolute atomic E-state index is 0.0799. The highest BCUT2D eigenvalue weighted by Gasteiger charge is 2.18. The Morgan fingerprint density at radius 2 is 2.31 bits per heavy atom. The number of hydrogen-bond acceptors (Lipinski definition) is 4. The number of esters is 1. The molecule has 84 valence electrons. The van der Waals surface area contributed by atoms with Crippen LogP contribution in [0, 0.1) is 11.3 Å². The van der Waals surface area contributed by atoms with Crippen LogP contribution in [0.4, 0.5) is 0 Å². The summed E-state index contributed by atoms with van der Waals surface area (Å²) in [6.45, 7) is 1.50. The number of hydrogen-bond donors (Lipinski definition) is 1. The van der Waals surface area contributed by atoms with Gasteiger partial charge in [0.05, 0.1) is 24.3 Å². The minimum Gasteiger partial charge on any atom is -0.462 e. The van der Waals surface area contributed by atoms with E-state index in [1.54, 1.807) is 6.92 Å². The second-order valence-electron chi connectivity index (χ2n) is 2.98. The van der Waals surface area contributed by atoms with Gasteiger partial charge in [-0.25, -0.2) is 4.79 Å². The van der Waals surface area contributed by atoms with Crippen molar-refractivity contribution in [2.45, 2.75) is 13.5 Å². The van der Waals surface area contributed by atoms with E-state index in [2.05, 4.69) is 0 Å². The third kappa shape index (κ3) is 2.51. The van der Waals surface area contributed by atoms with Crippen LogP contribution in [-0.4, -0.2) is 17.7 Å². The molecule has 0 fully saturated rings. The lowest BCUT2D eigenvalue weighted by atomic mass is 10.0. The number of carbonyl (C=O) groups is 1. The summed E-state index contributed by atoms with van der Waals surface area (Å²) in [6, 6.07) is 4.66. The van der Waals surface area contributed by atoms with E-state index in [1.807, 2.05) is 6.07 Å². The minimum atomic E-state index is -0.625. The Kier molecular flexibility index (Phi) is 4.29. The molecule has 0 heterocycles. The van der Waals surface area contributed by atoms with Crippen LogP contribution < -0.4 is 0 Å². The quantitative estimate of drug-likeness (QED) is 0.818. The smallest absolute Gasteiger partial charge is 0.339 e. The van der Waals surface area contributed by atoms with Gasteiger partial charge in [-0.3, -0.25) is 0 Å². The standard InChI is InChI=1S/C11H10ClNO3/c1-2-16-11(15)10-7(5-13)3-9(12)4-8(10)6-14/h3-4,14H,2,6H2,1H3. The molecule has 0 bridgehead atoms. The van der Waals surface area contributed by atoms with Crippen molar-refractivity contribution in [1.82, 2.24) is 0 Å². The van der Waals surface area contributed by atoms with Crippen molar-refractivity contribution in [1.29, 1.82) is 5.26 Å². The summed E-state index contributed by atoms with van der Waals surface area (Å²) in [4.78, 5) is 11.6. The summed E-state index contributed by atoms with van der Waals surface area (Å²) in [6.07, 6.45) is 0. The Bertz CT molecular complexity index is 451. The van der Waals surface area contributed by atoms with Gasteiger partial charge in [0.1, 0.15) is 6.07 Å². The molecule has 0 aliphatic carbocycles. The van der Waals surface area contributed by atoms with E-state index in [0.29, 0.717) is 10.6 Å². The van der Waals surface area contributed by atoms with Gasteiger partial charge in [0.15, 0.2) is 0 Å². The van der Waals surface area contributed by atoms with Crippen molar-refractivity contribution in [2.24, 2.45) is 0 Å². The van der Waals surface area contributed by atoms with E-state index in [9.17, 15) is 4.79 Å². The van der Waals surface area contributed by atoms with Gasteiger partial charge in [-0.1, -0.05) is 11.6 Å². The summed E-state index contributed by atoms with van der Waals surface area (Å²) in [5.74, 6) is -0.625. The third-order valence-electron chi connectivity index (χ3n) is 1.96. The van der Waals surface area contributed by atoms with Gasteiger partial charge in [-0.15, -0.1) is 0 Å². The summed E-state index contributed by atoms with van der Waals surface area (Å²) < 4.78 is 4.81. The first-order valence-corrected chi connectivity index (χ1v) is 5.02. The number of carbonyl (C=O) groups excluding carboxylic acids is 1. The molecule has 0 saturated heterocycles. The van der Waals surface area contributed by atoms with Gasteiger partial charge in [-0.2, -0.15) is 5.26 Å². The molecule has 5 heteroatoms. The molecule has 1 N–H and O–H groups in total. The number of nitriles is 1. The van der Waals surface area contributed by atoms with Gasteiger partial charge in [0.25, 0.3) is 0 Å². The number of rotatable bonds is 3. The molecular weight excluding hydrogens is 230 g/mol. The normalized spacial score (nSPS) is 9.62. The van der Waals surface area contributed by atoms with Gasteiger partial charge in [0.2, 0.25) is 0 Å². The fraction of sp³-hybridized carbons (Fsp3) is 0.273. The number of halogens is 1. The van der Waals surface area contributed by atoms with Crippen LogP contribution in [-0.2, 0) is 11.3 Å². The summed E-state index contributed by atoms with van der Waals surface area (Å²) >= 11 is 5.75. The van der Waals surface area contributed by atoms with E-state index in [-0.39, 0.29) is 24.3 Å². The number of nitrogens with zero attached hydrogens (tertiary/aromatic N) is 1. The fourth-order valence-electron chi connectivity index (χ4n) is 1.32. The van der Waals surface area contributed by atoms with Crippen molar-refractivity contribution in [3.8, 4) is 6.07 Å². The molecule has 16 heavy (non-hydrogen) atoms. The van der Waals surface area contributed by atoms with Gasteiger partial charge < -0.3 is 9.84 Å². The second kappa shape index (κ2) is 5.50. The van der Waals surface area contributed by atoms with Crippen LogP contribution in [0.1, 0.15) is 28.4 Å². The molecule has 0 atom stereocenters. The molecular formula is C11H10ClNO3. The van der Waals surface area contributed by atoms with Crippen LogP contribution in [0.15, 0.2) is 12.1 Å². The first-order valence-electron chi connectivity index (χ1n) is 4.64. The van der Waals surface area contributed by atoms with E-state index < -0.39 is 5.97 Å². The Balaban J connectivity index is 3.34. The van der Waals surface area contributed by atoms with Crippen molar-refractivity contribution in [3.05, 3.63) is 33.8 Å². The van der Waals surface area contributed by atoms with Crippen LogP contribution in [0.2, 0.25) is 5.02 Å². The molecule has 0 unspecified atom stereocenters. The summed E-state index contributed by atoms with van der Waals surface area (Å²) in [5.41, 5.74) is 0.480. The summed E-state index contributed by atoms with van der Waals surface area (Å²) in [7, 11) is 0. The Labute approximate surface area is 98.0 Å². The fourth-order valence-corrected chi connectivity index (χ4v) is 1.56. The zero-order valence-corrected chi connectivity index (χ0v) is 9.41. The Morgan fingerprint density at radius 3 is 2.81 bits per heavy atom. The molecule has 0 radical (unpaired) electrons. The van der Waals surface area contributed by atoms with Crippen molar-refractivity contribution < 1.29 is 14.6 Å². The highest BCUT2D eigenvalue weighted by molar-refractivity contribution is 6.31. The molecule has 1 aromatic carbocycles. The van der Waals surface area contributed by atoms with Crippen molar-refractivity contribution in [3.63, 3.8) is 0 Å². The maximum atomic E-state index is 11.6. The Hall–Kier alpha value is -1.57. The van der Waals surface area contributed by atoms with Gasteiger partial charge >= 0.3 is 5.97 Å². The average molecular weight is 240 g/mol. The van der Waals surface area contributed by atoms with E-state index >= 15 is 0 Å². The number of aliphatic hydroxyl groups excluding tert-OH is 1. The lowest BCUT2D eigenvalue weighted by Crippen LogP contribution is -2.10. The zero-order valence-electron chi connectivity index (χ0n) is 8.66. The average Bonchev–Trinajstić information content (AvgIpc) is 2.27. The first kappa shape index (κ1) is 12.5. The van der Waals surface area contributed by atoms with Crippen molar-refractivity contribution in [2.75, 3.05) is 6.61 Å². The van der Waals surface area contributed by atoms with Crippen LogP contribution >= 0.6 is 11.6 Å². The molecule has 0 aliphatic rings. The molecule has 4 nitrogen and oxygen atoms in total. The lowest BCUT2D eigenvalue weighted by Gasteiger charge is -2.09. The van der Waals surface area contributed by atoms with Crippen molar-refractivity contribution >= 4 is 17.6 Å². The third-order valence-corrected chi connectivity index (χ3v) is 2.17. The molecule has 0 saturated carbocycles. The predicted molar refractivity (Wildman–Crippen MR) is 58.0 cm³/mol. The first-order chi connectivity index (χ1) is 7.63. The highest BCUT2D eigenvalue weighted by atomic mass is 35.5. The monoisotopic (exact) mass is 239 g/mol. The Morgan fingerprint density at radius 1 is 1.62 bits per heavy atom. The SMILES string of the molecule is CCOC(=O)c1c(C#N)cc(Cl)cc1CO.